The zero-order valence-electron chi connectivity index (χ0n) is 11.4. The van der Waals surface area contributed by atoms with Crippen LogP contribution >= 0.6 is 11.8 Å². The van der Waals surface area contributed by atoms with E-state index in [-0.39, 0.29) is 5.76 Å². The molecule has 0 aromatic heterocycles. The van der Waals surface area contributed by atoms with E-state index in [1.807, 2.05) is 49.4 Å². The first kappa shape index (κ1) is 14.3. The van der Waals surface area contributed by atoms with Gasteiger partial charge in [0, 0.05) is 21.0 Å². The molecule has 0 unspecified atom stereocenters. The van der Waals surface area contributed by atoms with Crippen molar-refractivity contribution >= 4 is 28.8 Å². The number of aliphatic hydroxyl groups is 1. The molecule has 0 amide bonds. The Morgan fingerprint density at radius 3 is 2.35 bits per heavy atom. The van der Waals surface area contributed by atoms with Gasteiger partial charge in [0.2, 0.25) is 0 Å². The maximum Gasteiger partial charge on any atom is 0.116 e. The largest absolute Gasteiger partial charge is 0.508 e. The summed E-state index contributed by atoms with van der Waals surface area (Å²) in [5.41, 5.74) is 9.27. The average molecular weight is 283 g/mol. The minimum absolute atomic E-state index is 0.0698. The summed E-state index contributed by atoms with van der Waals surface area (Å²) < 4.78 is 0. The third-order valence-electron chi connectivity index (χ3n) is 2.88. The summed E-state index contributed by atoms with van der Waals surface area (Å²) in [7, 11) is 0. The van der Waals surface area contributed by atoms with Crippen molar-refractivity contribution in [3.05, 3.63) is 66.7 Å². The van der Waals surface area contributed by atoms with E-state index < -0.39 is 0 Å². The number of rotatable bonds is 4. The average Bonchev–Trinajstić information content (AvgIpc) is 2.41. The lowest BCUT2D eigenvalue weighted by molar-refractivity contribution is 0.512. The second-order valence-electron chi connectivity index (χ2n) is 4.58. The molecular weight excluding hydrogens is 266 g/mol. The molecule has 20 heavy (non-hydrogen) atoms. The molecule has 0 heterocycles. The van der Waals surface area contributed by atoms with Gasteiger partial charge in [0.05, 0.1) is 0 Å². The number of aliphatic hydroxyl groups excluding tert-OH is 1. The van der Waals surface area contributed by atoms with E-state index in [9.17, 15) is 5.11 Å². The number of hydrogen-bond donors (Lipinski definition) is 2. The fraction of sp³-hybridized carbons (Fsp3) is 0.0588. The molecule has 0 saturated heterocycles. The Morgan fingerprint density at radius 1 is 1.05 bits per heavy atom. The lowest BCUT2D eigenvalue weighted by Gasteiger charge is -2.12. The Hall–Kier alpha value is -2.13. The van der Waals surface area contributed by atoms with Gasteiger partial charge in [-0.05, 0) is 42.3 Å². The van der Waals surface area contributed by atoms with E-state index in [0.717, 1.165) is 26.5 Å². The molecule has 3 N–H and O–H groups in total. The van der Waals surface area contributed by atoms with Crippen molar-refractivity contribution < 1.29 is 5.11 Å². The van der Waals surface area contributed by atoms with E-state index in [4.69, 9.17) is 5.73 Å². The molecule has 2 rings (SSSR count). The van der Waals surface area contributed by atoms with Crippen LogP contribution in [0.5, 0.6) is 0 Å². The van der Waals surface area contributed by atoms with Crippen LogP contribution in [0, 0.1) is 0 Å². The van der Waals surface area contributed by atoms with E-state index in [0.29, 0.717) is 5.69 Å². The monoisotopic (exact) mass is 283 g/mol. The second-order valence-corrected chi connectivity index (χ2v) is 5.66. The standard InChI is InChI=1S/C17H17NOS/c1-11(2)15-10-13(18)8-9-17(15)20-16-7-5-4-6-14(16)12(3)19/h4-10,19H,1,3,18H2,2H3. The van der Waals surface area contributed by atoms with Crippen molar-refractivity contribution in [1.29, 1.82) is 0 Å². The molecule has 2 nitrogen and oxygen atoms in total. The van der Waals surface area contributed by atoms with Crippen LogP contribution in [-0.4, -0.2) is 5.11 Å². The van der Waals surface area contributed by atoms with Gasteiger partial charge in [-0.2, -0.15) is 0 Å². The van der Waals surface area contributed by atoms with Gasteiger partial charge >= 0.3 is 0 Å². The summed E-state index contributed by atoms with van der Waals surface area (Å²) >= 11 is 1.57. The minimum Gasteiger partial charge on any atom is -0.508 e. The summed E-state index contributed by atoms with van der Waals surface area (Å²) in [4.78, 5) is 2.01. The number of allylic oxidation sites excluding steroid dienone is 1. The molecule has 0 bridgehead atoms. The molecule has 0 spiro atoms. The minimum atomic E-state index is 0.0698. The molecular formula is C17H17NOS. The van der Waals surface area contributed by atoms with E-state index in [2.05, 4.69) is 13.2 Å². The van der Waals surface area contributed by atoms with Gasteiger partial charge in [0.1, 0.15) is 5.76 Å². The first-order chi connectivity index (χ1) is 9.49. The number of nitrogen functional groups attached to an aromatic ring is 1. The highest BCUT2D eigenvalue weighted by Gasteiger charge is 2.10. The maximum atomic E-state index is 9.66. The summed E-state index contributed by atoms with van der Waals surface area (Å²) in [6, 6.07) is 13.4. The van der Waals surface area contributed by atoms with Crippen LogP contribution in [-0.2, 0) is 0 Å². The Balaban J connectivity index is 2.45. The van der Waals surface area contributed by atoms with Crippen LogP contribution in [0.15, 0.2) is 65.4 Å². The summed E-state index contributed by atoms with van der Waals surface area (Å²) in [6.07, 6.45) is 0. The maximum absolute atomic E-state index is 9.66. The van der Waals surface area contributed by atoms with Gasteiger partial charge in [-0.25, -0.2) is 0 Å². The van der Waals surface area contributed by atoms with Crippen LogP contribution in [0.4, 0.5) is 5.69 Å². The van der Waals surface area contributed by atoms with Crippen LogP contribution < -0.4 is 5.73 Å². The lowest BCUT2D eigenvalue weighted by Crippen LogP contribution is -1.91. The van der Waals surface area contributed by atoms with Crippen molar-refractivity contribution in [2.24, 2.45) is 0 Å². The summed E-state index contributed by atoms with van der Waals surface area (Å²) in [5, 5.41) is 9.66. The SMILES string of the molecule is C=C(C)c1cc(N)ccc1Sc1ccccc1C(=C)O. The fourth-order valence-electron chi connectivity index (χ4n) is 1.88. The number of anilines is 1. The third kappa shape index (κ3) is 3.06. The zero-order valence-corrected chi connectivity index (χ0v) is 12.2. The summed E-state index contributed by atoms with van der Waals surface area (Å²) in [5.74, 6) is 0.0698. The van der Waals surface area contributed by atoms with Gasteiger partial charge in [0.15, 0.2) is 0 Å². The number of hydrogen-bond acceptors (Lipinski definition) is 3. The smallest absolute Gasteiger partial charge is 0.116 e. The van der Waals surface area contributed by atoms with Crippen LogP contribution in [0.1, 0.15) is 18.1 Å². The third-order valence-corrected chi connectivity index (χ3v) is 4.03. The van der Waals surface area contributed by atoms with Gasteiger partial charge in [-0.15, -0.1) is 0 Å². The molecule has 0 radical (unpaired) electrons. The quantitative estimate of drug-likeness (QED) is 0.614. The van der Waals surface area contributed by atoms with E-state index in [1.54, 1.807) is 11.8 Å². The Morgan fingerprint density at radius 2 is 1.70 bits per heavy atom. The van der Waals surface area contributed by atoms with Crippen molar-refractivity contribution in [2.45, 2.75) is 16.7 Å². The molecule has 0 aliphatic rings. The van der Waals surface area contributed by atoms with Crippen LogP contribution in [0.25, 0.3) is 11.3 Å². The van der Waals surface area contributed by atoms with Gasteiger partial charge in [-0.1, -0.05) is 43.1 Å². The zero-order chi connectivity index (χ0) is 14.7. The lowest BCUT2D eigenvalue weighted by atomic mass is 10.1. The molecule has 0 saturated carbocycles. The first-order valence-corrected chi connectivity index (χ1v) is 7.01. The van der Waals surface area contributed by atoms with E-state index in [1.165, 1.54) is 0 Å². The number of benzene rings is 2. The molecule has 0 fully saturated rings. The van der Waals surface area contributed by atoms with Gasteiger partial charge in [0.25, 0.3) is 0 Å². The Bertz CT molecular complexity index is 676. The van der Waals surface area contributed by atoms with Gasteiger partial charge in [-0.3, -0.25) is 0 Å². The molecule has 0 aliphatic carbocycles. The molecule has 0 aliphatic heterocycles. The number of nitrogens with two attached hydrogens (primary N) is 1. The van der Waals surface area contributed by atoms with Crippen LogP contribution in [0.3, 0.4) is 0 Å². The normalized spacial score (nSPS) is 10.2. The van der Waals surface area contributed by atoms with Gasteiger partial charge < -0.3 is 10.8 Å². The molecule has 2 aromatic carbocycles. The van der Waals surface area contributed by atoms with E-state index >= 15 is 0 Å². The first-order valence-electron chi connectivity index (χ1n) is 6.19. The van der Waals surface area contributed by atoms with Crippen molar-refractivity contribution in [1.82, 2.24) is 0 Å². The summed E-state index contributed by atoms with van der Waals surface area (Å²) in [6.45, 7) is 9.55. The fourth-order valence-corrected chi connectivity index (χ4v) is 3.04. The topological polar surface area (TPSA) is 46.2 Å². The van der Waals surface area contributed by atoms with Crippen molar-refractivity contribution in [2.75, 3.05) is 5.73 Å². The highest BCUT2D eigenvalue weighted by molar-refractivity contribution is 7.99. The molecule has 3 heteroatoms. The molecule has 102 valence electrons. The predicted molar refractivity (Wildman–Crippen MR) is 87.8 cm³/mol. The highest BCUT2D eigenvalue weighted by Crippen LogP contribution is 2.37. The van der Waals surface area contributed by atoms with Crippen molar-refractivity contribution in [3.63, 3.8) is 0 Å². The Kier molecular flexibility index (Phi) is 4.20. The van der Waals surface area contributed by atoms with Crippen LogP contribution in [0.2, 0.25) is 0 Å². The highest BCUT2D eigenvalue weighted by atomic mass is 32.2. The van der Waals surface area contributed by atoms with Crippen molar-refractivity contribution in [3.8, 4) is 0 Å². The second kappa shape index (κ2) is 5.88. The predicted octanol–water partition coefficient (Wildman–Crippen LogP) is 4.98. The molecule has 0 atom stereocenters. The Labute approximate surface area is 123 Å². The molecule has 2 aromatic rings.